The topological polar surface area (TPSA) is 26.3 Å². The molecule has 2 atom stereocenters. The second-order valence-corrected chi connectivity index (χ2v) is 4.53. The molecule has 0 radical (unpaired) electrons. The average Bonchev–Trinajstić information content (AvgIpc) is 2.98. The van der Waals surface area contributed by atoms with Crippen molar-refractivity contribution in [2.75, 3.05) is 6.61 Å². The van der Waals surface area contributed by atoms with Crippen LogP contribution in [0.1, 0.15) is 6.42 Å². The first-order chi connectivity index (χ1) is 7.20. The summed E-state index contributed by atoms with van der Waals surface area (Å²) in [6, 6.07) is 5.09. The number of hydrogen-bond acceptors (Lipinski definition) is 2. The summed E-state index contributed by atoms with van der Waals surface area (Å²) in [6.07, 6.45) is 1.90. The molecule has 1 aliphatic carbocycles. The lowest BCUT2D eigenvalue weighted by atomic mass is 10.3. The number of carbonyl (C=O) groups is 1. The van der Waals surface area contributed by atoms with E-state index in [1.54, 1.807) is 18.2 Å². The number of halogens is 2. The SMILES string of the molecule is O=CC1CC1COc1cc(Cl)ccc1Cl. The molecule has 0 amide bonds. The average molecular weight is 245 g/mol. The van der Waals surface area contributed by atoms with E-state index >= 15 is 0 Å². The maximum atomic E-state index is 10.4. The van der Waals surface area contributed by atoms with E-state index < -0.39 is 0 Å². The first kappa shape index (κ1) is 10.8. The highest BCUT2D eigenvalue weighted by Crippen LogP contribution is 2.37. The Labute approximate surface area is 98.1 Å². The van der Waals surface area contributed by atoms with Gasteiger partial charge in [-0.3, -0.25) is 0 Å². The van der Waals surface area contributed by atoms with Crippen molar-refractivity contribution in [1.29, 1.82) is 0 Å². The molecule has 2 unspecified atom stereocenters. The molecule has 0 aliphatic heterocycles. The van der Waals surface area contributed by atoms with Gasteiger partial charge in [0.15, 0.2) is 0 Å². The molecule has 1 fully saturated rings. The van der Waals surface area contributed by atoms with Gasteiger partial charge in [0.1, 0.15) is 12.0 Å². The summed E-state index contributed by atoms with van der Waals surface area (Å²) in [6.45, 7) is 0.531. The summed E-state index contributed by atoms with van der Waals surface area (Å²) in [5.74, 6) is 1.10. The number of benzene rings is 1. The molecule has 2 nitrogen and oxygen atoms in total. The van der Waals surface area contributed by atoms with Gasteiger partial charge in [-0.25, -0.2) is 0 Å². The third kappa shape index (κ3) is 2.64. The van der Waals surface area contributed by atoms with Crippen LogP contribution in [0.25, 0.3) is 0 Å². The molecule has 1 aromatic rings. The maximum absolute atomic E-state index is 10.4. The van der Waals surface area contributed by atoms with Crippen molar-refractivity contribution in [2.45, 2.75) is 6.42 Å². The standard InChI is InChI=1S/C11H10Cl2O2/c12-9-1-2-10(13)11(4-9)15-6-8-3-7(8)5-14/h1-2,4-5,7-8H,3,6H2. The van der Waals surface area contributed by atoms with Crippen molar-refractivity contribution in [3.05, 3.63) is 28.2 Å². The first-order valence-electron chi connectivity index (χ1n) is 4.74. The predicted molar refractivity (Wildman–Crippen MR) is 59.6 cm³/mol. The number of aldehydes is 1. The molecule has 1 aliphatic rings. The van der Waals surface area contributed by atoms with Crippen LogP contribution < -0.4 is 4.74 Å². The molecule has 2 rings (SSSR count). The summed E-state index contributed by atoms with van der Waals surface area (Å²) < 4.78 is 5.50. The Kier molecular flexibility index (Phi) is 3.17. The fourth-order valence-corrected chi connectivity index (χ4v) is 1.75. The molecule has 80 valence electrons. The lowest BCUT2D eigenvalue weighted by molar-refractivity contribution is -0.109. The van der Waals surface area contributed by atoms with E-state index in [1.807, 2.05) is 0 Å². The van der Waals surface area contributed by atoms with Crippen molar-refractivity contribution in [2.24, 2.45) is 11.8 Å². The van der Waals surface area contributed by atoms with E-state index in [1.165, 1.54) is 0 Å². The maximum Gasteiger partial charge on any atom is 0.139 e. The quantitative estimate of drug-likeness (QED) is 0.761. The molecule has 15 heavy (non-hydrogen) atoms. The van der Waals surface area contributed by atoms with Crippen LogP contribution in [0.4, 0.5) is 0 Å². The molecule has 0 bridgehead atoms. The minimum absolute atomic E-state index is 0.169. The van der Waals surface area contributed by atoms with Crippen LogP contribution in [0.3, 0.4) is 0 Å². The largest absolute Gasteiger partial charge is 0.492 e. The van der Waals surface area contributed by atoms with Gasteiger partial charge in [0.25, 0.3) is 0 Å². The Bertz CT molecular complexity index is 379. The second kappa shape index (κ2) is 4.42. The van der Waals surface area contributed by atoms with Crippen LogP contribution >= 0.6 is 23.2 Å². The van der Waals surface area contributed by atoms with Gasteiger partial charge in [-0.1, -0.05) is 23.2 Å². The van der Waals surface area contributed by atoms with Crippen LogP contribution in [0.15, 0.2) is 18.2 Å². The number of carbonyl (C=O) groups excluding carboxylic acids is 1. The number of ether oxygens (including phenoxy) is 1. The fraction of sp³-hybridized carbons (Fsp3) is 0.364. The Hall–Kier alpha value is -0.730. The van der Waals surface area contributed by atoms with E-state index in [9.17, 15) is 4.79 Å². The summed E-state index contributed by atoms with van der Waals surface area (Å²) in [5, 5.41) is 1.14. The van der Waals surface area contributed by atoms with Gasteiger partial charge in [-0.05, 0) is 18.6 Å². The summed E-state index contributed by atoms with van der Waals surface area (Å²) in [5.41, 5.74) is 0. The first-order valence-corrected chi connectivity index (χ1v) is 5.49. The van der Waals surface area contributed by atoms with Crippen molar-refractivity contribution in [3.8, 4) is 5.75 Å². The van der Waals surface area contributed by atoms with Gasteiger partial charge >= 0.3 is 0 Å². The molecule has 0 N–H and O–H groups in total. The van der Waals surface area contributed by atoms with E-state index in [0.717, 1.165) is 12.7 Å². The molecule has 0 saturated heterocycles. The zero-order chi connectivity index (χ0) is 10.8. The monoisotopic (exact) mass is 244 g/mol. The van der Waals surface area contributed by atoms with Gasteiger partial charge in [-0.15, -0.1) is 0 Å². The van der Waals surface area contributed by atoms with Crippen molar-refractivity contribution < 1.29 is 9.53 Å². The highest BCUT2D eigenvalue weighted by atomic mass is 35.5. The van der Waals surface area contributed by atoms with Crippen LogP contribution in [0, 0.1) is 11.8 Å². The van der Waals surface area contributed by atoms with Crippen LogP contribution in [0.5, 0.6) is 5.75 Å². The molecule has 4 heteroatoms. The van der Waals surface area contributed by atoms with Crippen molar-refractivity contribution in [3.63, 3.8) is 0 Å². The molecular formula is C11H10Cl2O2. The third-order valence-corrected chi connectivity index (χ3v) is 3.05. The number of rotatable bonds is 4. The zero-order valence-corrected chi connectivity index (χ0v) is 9.46. The lowest BCUT2D eigenvalue weighted by Gasteiger charge is -2.07. The molecule has 0 heterocycles. The molecule has 0 spiro atoms. The van der Waals surface area contributed by atoms with Gasteiger partial charge in [0, 0.05) is 22.9 Å². The fourth-order valence-electron chi connectivity index (χ4n) is 1.41. The predicted octanol–water partition coefficient (Wildman–Crippen LogP) is 3.21. The van der Waals surface area contributed by atoms with Gasteiger partial charge in [-0.2, -0.15) is 0 Å². The van der Waals surface area contributed by atoms with E-state index in [4.69, 9.17) is 27.9 Å². The summed E-state index contributed by atoms with van der Waals surface area (Å²) >= 11 is 11.7. The minimum atomic E-state index is 0.169. The highest BCUT2D eigenvalue weighted by Gasteiger charge is 2.37. The van der Waals surface area contributed by atoms with Gasteiger partial charge < -0.3 is 9.53 Å². The second-order valence-electron chi connectivity index (χ2n) is 3.68. The van der Waals surface area contributed by atoms with E-state index in [-0.39, 0.29) is 5.92 Å². The molecule has 1 aromatic carbocycles. The summed E-state index contributed by atoms with van der Waals surface area (Å²) in [7, 11) is 0. The highest BCUT2D eigenvalue weighted by molar-refractivity contribution is 6.34. The number of hydrogen-bond donors (Lipinski definition) is 0. The van der Waals surface area contributed by atoms with Crippen LogP contribution in [0.2, 0.25) is 10.0 Å². The van der Waals surface area contributed by atoms with Gasteiger partial charge in [0.2, 0.25) is 0 Å². The minimum Gasteiger partial charge on any atom is -0.492 e. The molecule has 1 saturated carbocycles. The van der Waals surface area contributed by atoms with Crippen LogP contribution in [-0.2, 0) is 4.79 Å². The van der Waals surface area contributed by atoms with Crippen molar-refractivity contribution >= 4 is 29.5 Å². The lowest BCUT2D eigenvalue weighted by Crippen LogP contribution is -2.01. The Morgan fingerprint density at radius 2 is 2.27 bits per heavy atom. The Morgan fingerprint density at radius 1 is 1.47 bits per heavy atom. The van der Waals surface area contributed by atoms with Crippen LogP contribution in [-0.4, -0.2) is 12.9 Å². The van der Waals surface area contributed by atoms with Gasteiger partial charge in [0.05, 0.1) is 11.6 Å². The smallest absolute Gasteiger partial charge is 0.139 e. The Balaban J connectivity index is 1.93. The van der Waals surface area contributed by atoms with E-state index in [2.05, 4.69) is 0 Å². The molecular weight excluding hydrogens is 235 g/mol. The third-order valence-electron chi connectivity index (χ3n) is 2.50. The molecule has 0 aromatic heterocycles. The zero-order valence-electron chi connectivity index (χ0n) is 7.95. The normalized spacial score (nSPS) is 23.6. The Morgan fingerprint density at radius 3 is 2.93 bits per heavy atom. The van der Waals surface area contributed by atoms with E-state index in [0.29, 0.717) is 28.3 Å². The van der Waals surface area contributed by atoms with Crippen molar-refractivity contribution in [1.82, 2.24) is 0 Å². The summed E-state index contributed by atoms with van der Waals surface area (Å²) in [4.78, 5) is 10.4.